The highest BCUT2D eigenvalue weighted by Crippen LogP contribution is 2.19. The van der Waals surface area contributed by atoms with Crippen molar-refractivity contribution in [2.45, 2.75) is 19.4 Å². The van der Waals surface area contributed by atoms with Crippen LogP contribution in [0.25, 0.3) is 10.9 Å². The molecule has 0 unspecified atom stereocenters. The molecular formula is C23H26N4O3. The van der Waals surface area contributed by atoms with Gasteiger partial charge in [0.1, 0.15) is 5.75 Å². The molecule has 0 spiro atoms. The Hall–Kier alpha value is -3.48. The number of amides is 3. The molecule has 3 aromatic rings. The van der Waals surface area contributed by atoms with E-state index >= 15 is 0 Å². The molecule has 4 rings (SSSR count). The molecule has 1 aromatic heterocycles. The molecule has 1 saturated heterocycles. The minimum atomic E-state index is -0.223. The fourth-order valence-electron chi connectivity index (χ4n) is 3.63. The van der Waals surface area contributed by atoms with E-state index in [1.54, 1.807) is 36.2 Å². The Labute approximate surface area is 175 Å². The van der Waals surface area contributed by atoms with Gasteiger partial charge in [-0.1, -0.05) is 24.3 Å². The van der Waals surface area contributed by atoms with Gasteiger partial charge in [0.25, 0.3) is 5.91 Å². The Balaban J connectivity index is 1.32. The fourth-order valence-corrected chi connectivity index (χ4v) is 3.63. The Morgan fingerprint density at radius 3 is 2.70 bits per heavy atom. The van der Waals surface area contributed by atoms with Gasteiger partial charge in [0, 0.05) is 43.1 Å². The summed E-state index contributed by atoms with van der Waals surface area (Å²) in [7, 11) is 1.75. The molecule has 2 N–H and O–H groups in total. The maximum Gasteiger partial charge on any atom is 0.321 e. The van der Waals surface area contributed by atoms with Crippen molar-refractivity contribution in [1.29, 1.82) is 0 Å². The second-order valence-corrected chi connectivity index (χ2v) is 7.57. The van der Waals surface area contributed by atoms with Gasteiger partial charge in [0.2, 0.25) is 0 Å². The van der Waals surface area contributed by atoms with Gasteiger partial charge >= 0.3 is 6.03 Å². The largest absolute Gasteiger partial charge is 0.484 e. The lowest BCUT2D eigenvalue weighted by atomic mass is 10.2. The Morgan fingerprint density at radius 2 is 1.90 bits per heavy atom. The van der Waals surface area contributed by atoms with Crippen molar-refractivity contribution in [3.63, 3.8) is 0 Å². The molecular weight excluding hydrogens is 380 g/mol. The monoisotopic (exact) mass is 406 g/mol. The lowest BCUT2D eigenvalue weighted by molar-refractivity contribution is -0.132. The predicted molar refractivity (Wildman–Crippen MR) is 117 cm³/mol. The molecule has 0 radical (unpaired) electrons. The van der Waals surface area contributed by atoms with E-state index in [0.717, 1.165) is 42.5 Å². The topological polar surface area (TPSA) is 77.7 Å². The van der Waals surface area contributed by atoms with Crippen LogP contribution in [0.2, 0.25) is 0 Å². The number of aromatic nitrogens is 1. The van der Waals surface area contributed by atoms with Gasteiger partial charge in [-0.3, -0.25) is 4.79 Å². The SMILES string of the molecule is CN(Cc1cc2ccccc2[nH]1)C(=O)Nc1cccc(OCC(=O)N2CCCC2)c1. The highest BCUT2D eigenvalue weighted by molar-refractivity contribution is 5.89. The van der Waals surface area contributed by atoms with E-state index in [-0.39, 0.29) is 18.5 Å². The Bertz CT molecular complexity index is 1010. The normalized spacial score (nSPS) is 13.4. The van der Waals surface area contributed by atoms with Crippen LogP contribution < -0.4 is 10.1 Å². The van der Waals surface area contributed by atoms with Crippen LogP contribution in [0.5, 0.6) is 5.75 Å². The number of carbonyl (C=O) groups is 2. The van der Waals surface area contributed by atoms with Crippen molar-refractivity contribution < 1.29 is 14.3 Å². The second kappa shape index (κ2) is 8.90. The van der Waals surface area contributed by atoms with Crippen LogP contribution in [0.4, 0.5) is 10.5 Å². The number of likely N-dealkylation sites (tertiary alicyclic amines) is 1. The summed E-state index contributed by atoms with van der Waals surface area (Å²) in [5.41, 5.74) is 2.63. The first-order valence-electron chi connectivity index (χ1n) is 10.2. The fraction of sp³-hybridized carbons (Fsp3) is 0.304. The van der Waals surface area contributed by atoms with Crippen LogP contribution in [0.3, 0.4) is 0 Å². The molecule has 7 nitrogen and oxygen atoms in total. The molecule has 1 aliphatic heterocycles. The van der Waals surface area contributed by atoms with Crippen molar-refractivity contribution >= 4 is 28.5 Å². The number of fused-ring (bicyclic) bond motifs is 1. The number of carbonyl (C=O) groups excluding carboxylic acids is 2. The molecule has 0 saturated carbocycles. The van der Waals surface area contributed by atoms with E-state index in [9.17, 15) is 9.59 Å². The number of anilines is 1. The van der Waals surface area contributed by atoms with Crippen LogP contribution >= 0.6 is 0 Å². The summed E-state index contributed by atoms with van der Waals surface area (Å²) in [5.74, 6) is 0.554. The summed E-state index contributed by atoms with van der Waals surface area (Å²) in [6.45, 7) is 2.08. The van der Waals surface area contributed by atoms with E-state index in [0.29, 0.717) is 18.0 Å². The quantitative estimate of drug-likeness (QED) is 0.653. The number of para-hydroxylation sites is 1. The van der Waals surface area contributed by atoms with E-state index in [4.69, 9.17) is 4.74 Å². The molecule has 3 amide bonds. The number of hydrogen-bond acceptors (Lipinski definition) is 3. The van der Waals surface area contributed by atoms with Gasteiger partial charge in [-0.15, -0.1) is 0 Å². The zero-order chi connectivity index (χ0) is 20.9. The predicted octanol–water partition coefficient (Wildman–Crippen LogP) is 3.83. The highest BCUT2D eigenvalue weighted by atomic mass is 16.5. The molecule has 2 aromatic carbocycles. The minimum absolute atomic E-state index is 0.00000619. The van der Waals surface area contributed by atoms with Crippen molar-refractivity contribution in [1.82, 2.24) is 14.8 Å². The van der Waals surface area contributed by atoms with Gasteiger partial charge in [-0.2, -0.15) is 0 Å². The second-order valence-electron chi connectivity index (χ2n) is 7.57. The van der Waals surface area contributed by atoms with Gasteiger partial charge in [-0.05, 0) is 42.5 Å². The highest BCUT2D eigenvalue weighted by Gasteiger charge is 2.18. The number of benzene rings is 2. The third-order valence-corrected chi connectivity index (χ3v) is 5.25. The summed E-state index contributed by atoms with van der Waals surface area (Å²) >= 11 is 0. The third kappa shape index (κ3) is 4.74. The Kier molecular flexibility index (Phi) is 5.88. The molecule has 0 atom stereocenters. The number of ether oxygens (including phenoxy) is 1. The first-order chi connectivity index (χ1) is 14.6. The van der Waals surface area contributed by atoms with Crippen molar-refractivity contribution in [3.05, 3.63) is 60.3 Å². The molecule has 0 bridgehead atoms. The molecule has 2 heterocycles. The smallest absolute Gasteiger partial charge is 0.321 e. The average Bonchev–Trinajstić information content (AvgIpc) is 3.42. The molecule has 0 aliphatic carbocycles. The first kappa shape index (κ1) is 19.8. The molecule has 1 fully saturated rings. The molecule has 7 heteroatoms. The summed E-state index contributed by atoms with van der Waals surface area (Å²) in [5, 5.41) is 4.00. The van der Waals surface area contributed by atoms with Crippen molar-refractivity contribution in [2.75, 3.05) is 32.1 Å². The van der Waals surface area contributed by atoms with E-state index in [1.807, 2.05) is 35.2 Å². The Morgan fingerprint density at radius 1 is 1.10 bits per heavy atom. The maximum atomic E-state index is 12.6. The lowest BCUT2D eigenvalue weighted by Crippen LogP contribution is -2.32. The standard InChI is InChI=1S/C23H26N4O3/c1-26(15-19-13-17-7-2-3-10-21(17)24-19)23(29)25-18-8-6-9-20(14-18)30-16-22(28)27-11-4-5-12-27/h2-3,6-10,13-14,24H,4-5,11-12,15-16H2,1H3,(H,25,29). The number of H-pyrrole nitrogens is 1. The lowest BCUT2D eigenvalue weighted by Gasteiger charge is -2.18. The molecule has 1 aliphatic rings. The summed E-state index contributed by atoms with van der Waals surface area (Å²) in [4.78, 5) is 31.5. The zero-order valence-electron chi connectivity index (χ0n) is 17.1. The number of nitrogens with one attached hydrogen (secondary N) is 2. The maximum absolute atomic E-state index is 12.6. The van der Waals surface area contributed by atoms with E-state index in [2.05, 4.69) is 10.3 Å². The van der Waals surface area contributed by atoms with E-state index < -0.39 is 0 Å². The van der Waals surface area contributed by atoms with Gasteiger partial charge in [0.15, 0.2) is 6.61 Å². The van der Waals surface area contributed by atoms with Crippen molar-refractivity contribution in [2.24, 2.45) is 0 Å². The van der Waals surface area contributed by atoms with Crippen LogP contribution in [0.15, 0.2) is 54.6 Å². The van der Waals surface area contributed by atoms with Crippen LogP contribution in [0, 0.1) is 0 Å². The first-order valence-corrected chi connectivity index (χ1v) is 10.2. The van der Waals surface area contributed by atoms with Gasteiger partial charge in [0.05, 0.1) is 6.54 Å². The summed E-state index contributed by atoms with van der Waals surface area (Å²) < 4.78 is 5.63. The molecule has 30 heavy (non-hydrogen) atoms. The van der Waals surface area contributed by atoms with E-state index in [1.165, 1.54) is 0 Å². The van der Waals surface area contributed by atoms with Crippen molar-refractivity contribution in [3.8, 4) is 5.75 Å². The van der Waals surface area contributed by atoms with Gasteiger partial charge < -0.3 is 24.8 Å². The number of rotatable bonds is 6. The number of nitrogens with zero attached hydrogens (tertiary/aromatic N) is 2. The minimum Gasteiger partial charge on any atom is -0.484 e. The summed E-state index contributed by atoms with van der Waals surface area (Å²) in [6.07, 6.45) is 2.11. The number of aromatic amines is 1. The van der Waals surface area contributed by atoms with Gasteiger partial charge in [-0.25, -0.2) is 4.79 Å². The number of hydrogen-bond donors (Lipinski definition) is 2. The van der Waals surface area contributed by atoms with Crippen LogP contribution in [-0.4, -0.2) is 53.5 Å². The molecule has 156 valence electrons. The van der Waals surface area contributed by atoms with Crippen LogP contribution in [-0.2, 0) is 11.3 Å². The summed E-state index contributed by atoms with van der Waals surface area (Å²) in [6, 6.07) is 16.9. The average molecular weight is 406 g/mol. The third-order valence-electron chi connectivity index (χ3n) is 5.25. The van der Waals surface area contributed by atoms with Crippen LogP contribution in [0.1, 0.15) is 18.5 Å². The zero-order valence-corrected chi connectivity index (χ0v) is 17.1. The number of urea groups is 1.